The van der Waals surface area contributed by atoms with E-state index in [-0.39, 0.29) is 12.1 Å². The van der Waals surface area contributed by atoms with Crippen molar-refractivity contribution in [1.82, 2.24) is 9.78 Å². The van der Waals surface area contributed by atoms with Crippen LogP contribution in [-0.4, -0.2) is 33.6 Å². The van der Waals surface area contributed by atoms with Gasteiger partial charge in [0.05, 0.1) is 13.2 Å². The second-order valence-corrected chi connectivity index (χ2v) is 8.66. The van der Waals surface area contributed by atoms with Gasteiger partial charge in [0.2, 0.25) is 5.88 Å². The fraction of sp³-hybridized carbons (Fsp3) is 0.591. The number of nitrogens with zero attached hydrogens (tertiary/aromatic N) is 2. The largest absolute Gasteiger partial charge is 0.476 e. The molecule has 1 fully saturated rings. The van der Waals surface area contributed by atoms with Crippen molar-refractivity contribution in [3.63, 3.8) is 0 Å². The highest BCUT2D eigenvalue weighted by Crippen LogP contribution is 2.40. The monoisotopic (exact) mass is 369 g/mol. The third kappa shape index (κ3) is 3.90. The fourth-order valence-electron chi connectivity index (χ4n) is 4.63. The van der Waals surface area contributed by atoms with Gasteiger partial charge in [-0.15, -0.1) is 5.10 Å². The van der Waals surface area contributed by atoms with Crippen LogP contribution in [0.5, 0.6) is 5.88 Å². The van der Waals surface area contributed by atoms with Gasteiger partial charge in [-0.2, -0.15) is 0 Å². The minimum atomic E-state index is -0.382. The number of nitrogens with two attached hydrogens (primary N) is 1. The summed E-state index contributed by atoms with van der Waals surface area (Å²) in [4.78, 5) is 0. The molecule has 4 rings (SSSR count). The first-order chi connectivity index (χ1) is 13.0. The van der Waals surface area contributed by atoms with Crippen LogP contribution in [0.2, 0.25) is 0 Å². The molecule has 1 saturated carbocycles. The second kappa shape index (κ2) is 7.28. The van der Waals surface area contributed by atoms with Crippen LogP contribution < -0.4 is 10.5 Å². The molecule has 1 aromatic heterocycles. The van der Waals surface area contributed by atoms with E-state index in [2.05, 4.69) is 23.3 Å². The van der Waals surface area contributed by atoms with Crippen molar-refractivity contribution in [2.24, 2.45) is 18.7 Å². The van der Waals surface area contributed by atoms with Crippen LogP contribution in [0.3, 0.4) is 0 Å². The topological polar surface area (TPSA) is 73.3 Å². The Morgan fingerprint density at radius 3 is 2.85 bits per heavy atom. The molecule has 27 heavy (non-hydrogen) atoms. The van der Waals surface area contributed by atoms with E-state index in [1.165, 1.54) is 16.7 Å². The number of ether oxygens (including phenoxy) is 1. The van der Waals surface area contributed by atoms with Crippen molar-refractivity contribution in [3.8, 4) is 5.88 Å². The summed E-state index contributed by atoms with van der Waals surface area (Å²) < 4.78 is 7.78. The summed E-state index contributed by atoms with van der Waals surface area (Å²) >= 11 is 0. The molecular formula is C22H31N3O2. The third-order valence-electron chi connectivity index (χ3n) is 6.55. The quantitative estimate of drug-likeness (QED) is 0.850. The van der Waals surface area contributed by atoms with Gasteiger partial charge in [0, 0.05) is 24.3 Å². The van der Waals surface area contributed by atoms with Gasteiger partial charge in [-0.3, -0.25) is 4.68 Å². The lowest BCUT2D eigenvalue weighted by Crippen LogP contribution is -2.40. The van der Waals surface area contributed by atoms with Crippen LogP contribution in [0.4, 0.5) is 0 Å². The number of fused-ring (bicyclic) bond motifs is 1. The van der Waals surface area contributed by atoms with Crippen molar-refractivity contribution in [2.75, 3.05) is 13.2 Å². The van der Waals surface area contributed by atoms with E-state index < -0.39 is 0 Å². The van der Waals surface area contributed by atoms with Crippen molar-refractivity contribution >= 4 is 0 Å². The minimum Gasteiger partial charge on any atom is -0.476 e. The molecule has 0 amide bonds. The summed E-state index contributed by atoms with van der Waals surface area (Å²) in [5.41, 5.74) is 11.3. The van der Waals surface area contributed by atoms with Crippen molar-refractivity contribution in [1.29, 1.82) is 0 Å². The summed E-state index contributed by atoms with van der Waals surface area (Å²) in [7, 11) is 1.94. The Balaban J connectivity index is 1.38. The average Bonchev–Trinajstić information content (AvgIpc) is 3.22. The Kier molecular flexibility index (Phi) is 4.99. The smallest absolute Gasteiger partial charge is 0.232 e. The Bertz CT molecular complexity index is 796. The zero-order valence-corrected chi connectivity index (χ0v) is 16.4. The molecule has 1 aromatic carbocycles. The maximum Gasteiger partial charge on any atom is 0.232 e. The first kappa shape index (κ1) is 18.5. The van der Waals surface area contributed by atoms with E-state index in [1.54, 1.807) is 0 Å². The molecule has 3 atom stereocenters. The molecule has 2 aromatic rings. The Hall–Kier alpha value is -1.85. The molecule has 3 N–H and O–H groups in total. The molecule has 0 spiro atoms. The number of hydrogen-bond donors (Lipinski definition) is 2. The van der Waals surface area contributed by atoms with E-state index in [9.17, 15) is 5.11 Å². The second-order valence-electron chi connectivity index (χ2n) is 8.66. The molecule has 1 heterocycles. The third-order valence-corrected chi connectivity index (χ3v) is 6.55. The summed E-state index contributed by atoms with van der Waals surface area (Å²) in [6.45, 7) is 2.85. The highest BCUT2D eigenvalue weighted by atomic mass is 16.5. The van der Waals surface area contributed by atoms with Crippen LogP contribution in [-0.2, 0) is 19.9 Å². The number of aliphatic hydroxyl groups excluding tert-OH is 1. The Morgan fingerprint density at radius 2 is 2.15 bits per heavy atom. The van der Waals surface area contributed by atoms with Gasteiger partial charge in [0.15, 0.2) is 0 Å². The first-order valence-corrected chi connectivity index (χ1v) is 10.1. The number of hydrogen-bond acceptors (Lipinski definition) is 4. The lowest BCUT2D eigenvalue weighted by molar-refractivity contribution is 0.198. The zero-order valence-electron chi connectivity index (χ0n) is 16.4. The molecule has 5 heteroatoms. The molecule has 146 valence electrons. The Labute approximate surface area is 161 Å². The zero-order chi connectivity index (χ0) is 19.0. The molecular weight excluding hydrogens is 338 g/mol. The standard InChI is InChI=1S/C22H31N3O2/c1-15-9-21(24-25(15)2)27-13-16-3-4-18-11-19(6-5-17(18)10-16)20-7-8-22(23,12-20)14-26/h5-6,9,11,16,20,26H,3-4,7-8,10,12-14,23H2,1-2H3/t16-,20+,22-/m1/s1. The number of aromatic nitrogens is 2. The van der Waals surface area contributed by atoms with E-state index in [1.807, 2.05) is 24.7 Å². The number of benzene rings is 1. The van der Waals surface area contributed by atoms with Gasteiger partial charge in [-0.05, 0) is 74.0 Å². The molecule has 0 bridgehead atoms. The summed E-state index contributed by atoms with van der Waals surface area (Å²) in [5, 5.41) is 13.9. The number of aryl methyl sites for hydroxylation is 3. The Morgan fingerprint density at radius 1 is 1.30 bits per heavy atom. The highest BCUT2D eigenvalue weighted by Gasteiger charge is 2.36. The summed E-state index contributed by atoms with van der Waals surface area (Å²) in [6, 6.07) is 8.96. The maximum atomic E-state index is 9.52. The molecule has 0 aliphatic heterocycles. The molecule has 5 nitrogen and oxygen atoms in total. The van der Waals surface area contributed by atoms with Crippen LogP contribution in [0.15, 0.2) is 24.3 Å². The van der Waals surface area contributed by atoms with Crippen LogP contribution in [0, 0.1) is 12.8 Å². The molecule has 2 aliphatic carbocycles. The predicted octanol–water partition coefficient (Wildman–Crippen LogP) is 2.87. The average molecular weight is 370 g/mol. The molecule has 2 aliphatic rings. The normalized spacial score (nSPS) is 27.6. The molecule has 0 radical (unpaired) electrons. The lowest BCUT2D eigenvalue weighted by Gasteiger charge is -2.26. The van der Waals surface area contributed by atoms with Gasteiger partial charge < -0.3 is 15.6 Å². The summed E-state index contributed by atoms with van der Waals surface area (Å²) in [6.07, 6.45) is 6.22. The SMILES string of the molecule is Cc1cc(OC[C@@H]2CCc3cc([C@H]4CC[C@](N)(CO)C4)ccc3C2)nn1C. The van der Waals surface area contributed by atoms with E-state index in [0.29, 0.717) is 11.8 Å². The van der Waals surface area contributed by atoms with Gasteiger partial charge in [-0.1, -0.05) is 18.2 Å². The van der Waals surface area contributed by atoms with Gasteiger partial charge in [-0.25, -0.2) is 0 Å². The number of aliphatic hydroxyl groups is 1. The van der Waals surface area contributed by atoms with Gasteiger partial charge in [0.25, 0.3) is 0 Å². The van der Waals surface area contributed by atoms with Crippen LogP contribution in [0.25, 0.3) is 0 Å². The van der Waals surface area contributed by atoms with Crippen molar-refractivity contribution < 1.29 is 9.84 Å². The highest BCUT2D eigenvalue weighted by molar-refractivity contribution is 5.36. The lowest BCUT2D eigenvalue weighted by atomic mass is 9.82. The van der Waals surface area contributed by atoms with Crippen molar-refractivity contribution in [2.45, 2.75) is 56.9 Å². The van der Waals surface area contributed by atoms with E-state index >= 15 is 0 Å². The van der Waals surface area contributed by atoms with E-state index in [0.717, 1.165) is 56.7 Å². The van der Waals surface area contributed by atoms with Crippen LogP contribution in [0.1, 0.15) is 54.0 Å². The van der Waals surface area contributed by atoms with Crippen molar-refractivity contribution in [3.05, 3.63) is 46.6 Å². The minimum absolute atomic E-state index is 0.0892. The fourth-order valence-corrected chi connectivity index (χ4v) is 4.63. The van der Waals surface area contributed by atoms with Gasteiger partial charge in [0.1, 0.15) is 0 Å². The first-order valence-electron chi connectivity index (χ1n) is 10.1. The van der Waals surface area contributed by atoms with Gasteiger partial charge >= 0.3 is 0 Å². The summed E-state index contributed by atoms with van der Waals surface area (Å²) in [5.74, 6) is 1.76. The molecule has 0 saturated heterocycles. The van der Waals surface area contributed by atoms with E-state index in [4.69, 9.17) is 10.5 Å². The van der Waals surface area contributed by atoms with Crippen LogP contribution >= 0.6 is 0 Å². The molecule has 0 unspecified atom stereocenters. The number of rotatable bonds is 5. The maximum absolute atomic E-state index is 9.52. The predicted molar refractivity (Wildman–Crippen MR) is 106 cm³/mol.